The average molecular weight is 260 g/mol. The summed E-state index contributed by atoms with van der Waals surface area (Å²) < 4.78 is 72.7. The molecule has 0 radical (unpaired) electrons. The van der Waals surface area contributed by atoms with Crippen LogP contribution in [0, 0.1) is 5.92 Å². The van der Waals surface area contributed by atoms with E-state index in [2.05, 4.69) is 9.47 Å². The Bertz CT molecular complexity index is 409. The van der Waals surface area contributed by atoms with E-state index in [1.165, 1.54) is 0 Å². The molecule has 0 N–H and O–H groups in total. The van der Waals surface area contributed by atoms with Gasteiger partial charge >= 0.3 is 24.0 Å². The molecule has 96 valence electrons. The SMILES string of the molecule is CC1C2(OC(F)(F)C1(F)F)C(=O)OC(=O)C2F. The highest BCUT2D eigenvalue weighted by Gasteiger charge is 2.83. The van der Waals surface area contributed by atoms with Crippen molar-refractivity contribution in [2.24, 2.45) is 5.92 Å². The van der Waals surface area contributed by atoms with Crippen LogP contribution in [0.15, 0.2) is 0 Å². The highest BCUT2D eigenvalue weighted by atomic mass is 19.3. The summed E-state index contributed by atoms with van der Waals surface area (Å²) in [7, 11) is 0. The Balaban J connectivity index is 2.55. The molecule has 0 saturated carbocycles. The molecule has 0 bridgehead atoms. The van der Waals surface area contributed by atoms with Crippen LogP contribution in [0.25, 0.3) is 0 Å². The van der Waals surface area contributed by atoms with Gasteiger partial charge < -0.3 is 4.74 Å². The lowest BCUT2D eigenvalue weighted by Crippen LogP contribution is -2.49. The van der Waals surface area contributed by atoms with Gasteiger partial charge in [0.15, 0.2) is 0 Å². The largest absolute Gasteiger partial charge is 0.421 e. The van der Waals surface area contributed by atoms with Crippen molar-refractivity contribution in [3.63, 3.8) is 0 Å². The van der Waals surface area contributed by atoms with Crippen LogP contribution in [0.3, 0.4) is 0 Å². The number of carbonyl (C=O) groups is 2. The monoisotopic (exact) mass is 260 g/mol. The molecule has 2 heterocycles. The minimum absolute atomic E-state index is 0.493. The Morgan fingerprint density at radius 3 is 2.00 bits per heavy atom. The van der Waals surface area contributed by atoms with Crippen molar-refractivity contribution < 1.29 is 41.0 Å². The first-order chi connectivity index (χ1) is 7.57. The van der Waals surface area contributed by atoms with Crippen LogP contribution in [0.1, 0.15) is 6.92 Å². The normalized spacial score (nSPS) is 43.2. The molecule has 2 saturated heterocycles. The summed E-state index contributed by atoms with van der Waals surface area (Å²) in [5.41, 5.74) is -3.27. The molecule has 2 aliphatic heterocycles. The summed E-state index contributed by atoms with van der Waals surface area (Å²) in [6, 6.07) is 0. The van der Waals surface area contributed by atoms with Crippen molar-refractivity contribution in [2.45, 2.75) is 30.7 Å². The number of ether oxygens (including phenoxy) is 2. The summed E-state index contributed by atoms with van der Waals surface area (Å²) in [6.45, 7) is 0.493. The topological polar surface area (TPSA) is 52.6 Å². The smallest absolute Gasteiger partial charge is 0.389 e. The third-order valence-corrected chi connectivity index (χ3v) is 2.97. The third kappa shape index (κ3) is 1.15. The lowest BCUT2D eigenvalue weighted by molar-refractivity contribution is -0.321. The molecule has 0 aliphatic carbocycles. The first-order valence-corrected chi connectivity index (χ1v) is 4.43. The van der Waals surface area contributed by atoms with Crippen LogP contribution in [-0.2, 0) is 19.1 Å². The van der Waals surface area contributed by atoms with Crippen LogP contribution in [0.5, 0.6) is 0 Å². The molecule has 0 aromatic heterocycles. The van der Waals surface area contributed by atoms with Crippen LogP contribution in [-0.4, -0.2) is 35.7 Å². The van der Waals surface area contributed by atoms with Gasteiger partial charge in [0, 0.05) is 0 Å². The second kappa shape index (κ2) is 2.95. The van der Waals surface area contributed by atoms with E-state index in [1.54, 1.807) is 0 Å². The molecule has 2 fully saturated rings. The summed E-state index contributed by atoms with van der Waals surface area (Å²) in [5, 5.41) is 0. The van der Waals surface area contributed by atoms with E-state index in [4.69, 9.17) is 0 Å². The molecule has 2 rings (SSSR count). The van der Waals surface area contributed by atoms with Gasteiger partial charge in [0.2, 0.25) is 11.8 Å². The van der Waals surface area contributed by atoms with Crippen LogP contribution in [0.2, 0.25) is 0 Å². The van der Waals surface area contributed by atoms with Crippen molar-refractivity contribution in [1.29, 1.82) is 0 Å². The van der Waals surface area contributed by atoms with E-state index < -0.39 is 41.7 Å². The molecule has 2 aliphatic rings. The number of carbonyl (C=O) groups excluding carboxylic acids is 2. The number of rotatable bonds is 0. The van der Waals surface area contributed by atoms with Crippen LogP contribution in [0.4, 0.5) is 22.0 Å². The zero-order valence-corrected chi connectivity index (χ0v) is 8.18. The highest BCUT2D eigenvalue weighted by molar-refractivity contribution is 6.03. The van der Waals surface area contributed by atoms with Gasteiger partial charge in [0.1, 0.15) is 0 Å². The fourth-order valence-electron chi connectivity index (χ4n) is 1.88. The first kappa shape index (κ1) is 12.2. The molecular weight excluding hydrogens is 255 g/mol. The second-order valence-corrected chi connectivity index (χ2v) is 3.83. The highest BCUT2D eigenvalue weighted by Crippen LogP contribution is 2.58. The molecule has 0 aromatic rings. The molecule has 1 spiro atoms. The minimum Gasteiger partial charge on any atom is -0.389 e. The fourth-order valence-corrected chi connectivity index (χ4v) is 1.88. The Morgan fingerprint density at radius 1 is 1.18 bits per heavy atom. The Hall–Kier alpha value is -1.25. The second-order valence-electron chi connectivity index (χ2n) is 3.83. The maximum atomic E-state index is 13.4. The molecule has 4 nitrogen and oxygen atoms in total. The van der Waals surface area contributed by atoms with Crippen molar-refractivity contribution in [1.82, 2.24) is 0 Å². The van der Waals surface area contributed by atoms with E-state index in [-0.39, 0.29) is 0 Å². The predicted molar refractivity (Wildman–Crippen MR) is 38.9 cm³/mol. The molecule has 3 unspecified atom stereocenters. The van der Waals surface area contributed by atoms with E-state index in [1.807, 2.05) is 0 Å². The van der Waals surface area contributed by atoms with Crippen molar-refractivity contribution >= 4 is 11.9 Å². The van der Waals surface area contributed by atoms with Gasteiger partial charge in [0.05, 0.1) is 5.92 Å². The molecule has 0 aromatic carbocycles. The summed E-state index contributed by atoms with van der Waals surface area (Å²) in [6.07, 6.45) is -8.04. The van der Waals surface area contributed by atoms with Gasteiger partial charge in [-0.25, -0.2) is 14.0 Å². The van der Waals surface area contributed by atoms with E-state index in [0.717, 1.165) is 0 Å². The molecule has 3 atom stereocenters. The fraction of sp³-hybridized carbons (Fsp3) is 0.750. The van der Waals surface area contributed by atoms with Gasteiger partial charge in [-0.15, -0.1) is 0 Å². The summed E-state index contributed by atoms with van der Waals surface area (Å²) in [4.78, 5) is 21.9. The number of halogens is 5. The molecular formula is C8H5F5O4. The zero-order chi connectivity index (χ0) is 13.2. The molecule has 17 heavy (non-hydrogen) atoms. The minimum atomic E-state index is -5.04. The Morgan fingerprint density at radius 2 is 1.71 bits per heavy atom. The summed E-state index contributed by atoms with van der Waals surface area (Å²) >= 11 is 0. The maximum Gasteiger partial charge on any atom is 0.421 e. The first-order valence-electron chi connectivity index (χ1n) is 4.43. The lowest BCUT2D eigenvalue weighted by Gasteiger charge is -2.23. The molecule has 9 heteroatoms. The van der Waals surface area contributed by atoms with E-state index >= 15 is 0 Å². The maximum absolute atomic E-state index is 13.4. The number of cyclic esters (lactones) is 2. The van der Waals surface area contributed by atoms with Crippen molar-refractivity contribution in [3.05, 3.63) is 0 Å². The number of hydrogen-bond donors (Lipinski definition) is 0. The van der Waals surface area contributed by atoms with Gasteiger partial charge in [-0.3, -0.25) is 4.74 Å². The van der Waals surface area contributed by atoms with Crippen molar-refractivity contribution in [3.8, 4) is 0 Å². The van der Waals surface area contributed by atoms with Crippen LogP contribution < -0.4 is 0 Å². The Labute approximate surface area is 90.7 Å². The summed E-state index contributed by atoms with van der Waals surface area (Å²) in [5.74, 6) is -11.0. The quantitative estimate of drug-likeness (QED) is 0.371. The predicted octanol–water partition coefficient (Wildman–Crippen LogP) is 1.04. The number of alkyl halides is 5. The number of hydrogen-bond acceptors (Lipinski definition) is 4. The molecule has 0 amide bonds. The standard InChI is InChI=1S/C8H5F5O4/c1-2-6(3(9)4(14)16-5(6)15)17-8(12,13)7(2,10)11/h2-3H,1H3. The number of esters is 2. The average Bonchev–Trinajstić information content (AvgIpc) is 2.48. The van der Waals surface area contributed by atoms with Crippen LogP contribution >= 0.6 is 0 Å². The zero-order valence-electron chi connectivity index (χ0n) is 8.18. The van der Waals surface area contributed by atoms with E-state index in [0.29, 0.717) is 6.92 Å². The van der Waals surface area contributed by atoms with Gasteiger partial charge in [-0.1, -0.05) is 6.92 Å². The van der Waals surface area contributed by atoms with Gasteiger partial charge in [-0.2, -0.15) is 17.6 Å². The lowest BCUT2D eigenvalue weighted by atomic mass is 9.84. The Kier molecular flexibility index (Phi) is 2.12. The van der Waals surface area contributed by atoms with Gasteiger partial charge in [-0.05, 0) is 0 Å². The van der Waals surface area contributed by atoms with E-state index in [9.17, 15) is 31.5 Å². The van der Waals surface area contributed by atoms with Gasteiger partial charge in [0.25, 0.3) is 0 Å². The third-order valence-electron chi connectivity index (χ3n) is 2.97. The van der Waals surface area contributed by atoms with Crippen molar-refractivity contribution in [2.75, 3.05) is 0 Å².